The van der Waals surface area contributed by atoms with Crippen molar-refractivity contribution in [3.8, 4) is 6.07 Å². The molecule has 0 unspecified atom stereocenters. The third-order valence-electron chi connectivity index (χ3n) is 4.59. The van der Waals surface area contributed by atoms with Crippen LogP contribution in [0.1, 0.15) is 0 Å². The number of benzene rings is 3. The molecule has 3 aromatic rings. The number of nitrogens with zero attached hydrogens (tertiary/aromatic N) is 1. The summed E-state index contributed by atoms with van der Waals surface area (Å²) in [6.45, 7) is 0. The molecule has 8 heteroatoms. The second-order valence-electron chi connectivity index (χ2n) is 6.44. The summed E-state index contributed by atoms with van der Waals surface area (Å²) < 4.78 is -2.30. The van der Waals surface area contributed by atoms with E-state index in [-0.39, 0.29) is 5.31 Å². The molecule has 3 rings (SSSR count). The van der Waals surface area contributed by atoms with Crippen LogP contribution in [0.5, 0.6) is 0 Å². The summed E-state index contributed by atoms with van der Waals surface area (Å²) in [6.07, 6.45) is 0. The van der Waals surface area contributed by atoms with Crippen LogP contribution in [0.3, 0.4) is 0 Å². The van der Waals surface area contributed by atoms with Crippen LogP contribution in [-0.2, 0) is 4.79 Å². The molecule has 0 radical (unpaired) electrons. The highest BCUT2D eigenvalue weighted by Crippen LogP contribution is 2.62. The Balaban J connectivity index is 2.41. The second-order valence-corrected chi connectivity index (χ2v) is 12.1. The predicted octanol–water partition coefficient (Wildman–Crippen LogP) is 4.72. The molecule has 0 aliphatic carbocycles. The molecule has 0 aliphatic heterocycles. The van der Waals surface area contributed by atoms with Gasteiger partial charge < -0.3 is 5.11 Å². The van der Waals surface area contributed by atoms with E-state index in [0.717, 1.165) is 15.9 Å². The summed E-state index contributed by atoms with van der Waals surface area (Å²) in [7, 11) is -2.90. The summed E-state index contributed by atoms with van der Waals surface area (Å²) in [5, 5.41) is 25.8. The van der Waals surface area contributed by atoms with E-state index >= 15 is 0 Å². The number of aliphatic hydroxyl groups is 1. The third-order valence-corrected chi connectivity index (χ3v) is 9.30. The summed E-state index contributed by atoms with van der Waals surface area (Å²) in [6, 6.07) is 30.3. The quantitative estimate of drug-likeness (QED) is 0.235. The zero-order valence-electron chi connectivity index (χ0n) is 16.0. The Labute approximate surface area is 196 Å². The van der Waals surface area contributed by atoms with Gasteiger partial charge in [-0.25, -0.2) is 0 Å². The van der Waals surface area contributed by atoms with Crippen LogP contribution in [-0.4, -0.2) is 14.8 Å². The molecule has 0 bridgehead atoms. The van der Waals surface area contributed by atoms with Crippen LogP contribution >= 0.6 is 42.1 Å². The van der Waals surface area contributed by atoms with Gasteiger partial charge >= 0.3 is 0 Å². The van der Waals surface area contributed by atoms with Crippen molar-refractivity contribution in [2.24, 2.45) is 0 Å². The number of alkyl halides is 3. The molecule has 3 aromatic carbocycles. The molecule has 0 spiro atoms. The summed E-state index contributed by atoms with van der Waals surface area (Å²) in [4.78, 5) is 12.2. The maximum Gasteiger partial charge on any atom is 0.278 e. The van der Waals surface area contributed by atoms with Gasteiger partial charge in [0.2, 0.25) is 11.2 Å². The normalized spacial score (nSPS) is 12.5. The number of carbonyl (C=O) groups is 1. The van der Waals surface area contributed by atoms with E-state index in [1.54, 1.807) is 0 Å². The molecule has 0 atom stereocenters. The van der Waals surface area contributed by atoms with Gasteiger partial charge in [-0.3, -0.25) is 10.1 Å². The first-order chi connectivity index (χ1) is 14.8. The van der Waals surface area contributed by atoms with E-state index in [1.807, 2.05) is 91.0 Å². The summed E-state index contributed by atoms with van der Waals surface area (Å²) in [5.74, 6) is -1.71. The number of aliphatic hydroxyl groups excluding tert-OH is 1. The topological polar surface area (TPSA) is 73.1 Å². The Bertz CT molecular complexity index is 1030. The molecule has 0 aliphatic rings. The molecule has 0 aromatic heterocycles. The van der Waals surface area contributed by atoms with Gasteiger partial charge in [0.05, 0.1) is 0 Å². The van der Waals surface area contributed by atoms with Crippen LogP contribution in [0, 0.1) is 11.3 Å². The van der Waals surface area contributed by atoms with Crippen molar-refractivity contribution >= 4 is 63.9 Å². The maximum atomic E-state index is 12.2. The lowest BCUT2D eigenvalue weighted by Crippen LogP contribution is -2.37. The molecule has 2 N–H and O–H groups in total. The molecule has 0 heterocycles. The fourth-order valence-electron chi connectivity index (χ4n) is 3.31. The number of nitriles is 1. The van der Waals surface area contributed by atoms with E-state index in [1.165, 1.54) is 0 Å². The van der Waals surface area contributed by atoms with Crippen molar-refractivity contribution in [3.63, 3.8) is 0 Å². The number of hydrogen-bond donors (Lipinski definition) is 2. The van der Waals surface area contributed by atoms with E-state index in [4.69, 9.17) is 34.8 Å². The van der Waals surface area contributed by atoms with Gasteiger partial charge in [0, 0.05) is 0 Å². The van der Waals surface area contributed by atoms with Crippen LogP contribution in [0.2, 0.25) is 0 Å². The molecule has 0 fully saturated rings. The molecule has 156 valence electrons. The fourth-order valence-corrected chi connectivity index (χ4v) is 7.51. The zero-order valence-corrected chi connectivity index (χ0v) is 19.2. The Hall–Kier alpha value is -2.54. The zero-order chi connectivity index (χ0) is 22.5. The molecular weight excluding hydrogens is 474 g/mol. The van der Waals surface area contributed by atoms with Gasteiger partial charge in [0.25, 0.3) is 9.70 Å². The summed E-state index contributed by atoms with van der Waals surface area (Å²) >= 11 is 17.0. The number of halogens is 3. The molecule has 0 saturated heterocycles. The predicted molar refractivity (Wildman–Crippen MR) is 129 cm³/mol. The van der Waals surface area contributed by atoms with E-state index < -0.39 is 22.8 Å². The number of allylic oxidation sites excluding steroid dienone is 1. The van der Waals surface area contributed by atoms with Crippen molar-refractivity contribution in [1.82, 2.24) is 5.32 Å². The molecule has 31 heavy (non-hydrogen) atoms. The number of carbonyl (C=O) groups excluding carboxylic acids is 1. The van der Waals surface area contributed by atoms with Crippen LogP contribution < -0.4 is 21.2 Å². The standard InChI is InChI=1S/C23H16Cl3N2O2P/c24-23(25,26)22(30)28-21(29)20(16-27)31(17-10-4-1-5-11-17,18-12-6-2-7-13-18)19-14-8-3-9-15-19/h1-15H,(H-,28,29,30)/p+1. The molecular formula is C23H17Cl3N2O2P+. The fraction of sp³-hybridized carbons (Fsp3) is 0.0435. The Morgan fingerprint density at radius 3 is 1.45 bits per heavy atom. The first-order valence-corrected chi connectivity index (χ1v) is 12.0. The Kier molecular flexibility index (Phi) is 7.26. The molecule has 4 nitrogen and oxygen atoms in total. The lowest BCUT2D eigenvalue weighted by molar-refractivity contribution is -0.120. The van der Waals surface area contributed by atoms with Crippen molar-refractivity contribution in [1.29, 1.82) is 5.26 Å². The van der Waals surface area contributed by atoms with Crippen LogP contribution in [0.4, 0.5) is 0 Å². The van der Waals surface area contributed by atoms with Crippen LogP contribution in [0.25, 0.3) is 0 Å². The lowest BCUT2D eigenvalue weighted by atomic mass is 10.3. The highest BCUT2D eigenvalue weighted by atomic mass is 35.6. The highest BCUT2D eigenvalue weighted by molar-refractivity contribution is 7.99. The van der Waals surface area contributed by atoms with E-state index in [9.17, 15) is 15.2 Å². The van der Waals surface area contributed by atoms with Crippen molar-refractivity contribution in [2.75, 3.05) is 0 Å². The minimum absolute atomic E-state index is 0.0151. The number of amides is 1. The maximum absolute atomic E-state index is 12.2. The number of hydrogen-bond acceptors (Lipinski definition) is 3. The average molecular weight is 491 g/mol. The van der Waals surface area contributed by atoms with Gasteiger partial charge in [-0.15, -0.1) is 0 Å². The average Bonchev–Trinajstić information content (AvgIpc) is 2.78. The SMILES string of the molecule is N#CC(=C(O)NC(=O)C(Cl)(Cl)Cl)[P+](c1ccccc1)(c1ccccc1)c1ccccc1. The molecule has 1 amide bonds. The number of rotatable bonds is 5. The summed E-state index contributed by atoms with van der Waals surface area (Å²) in [5.41, 5.74) is 0. The van der Waals surface area contributed by atoms with Crippen LogP contribution in [0.15, 0.2) is 102 Å². The minimum atomic E-state index is -2.90. The van der Waals surface area contributed by atoms with Gasteiger partial charge in [0.1, 0.15) is 22.0 Å². The van der Waals surface area contributed by atoms with Gasteiger partial charge in [-0.05, 0) is 36.4 Å². The van der Waals surface area contributed by atoms with Crippen molar-refractivity contribution < 1.29 is 9.90 Å². The van der Waals surface area contributed by atoms with E-state index in [0.29, 0.717) is 0 Å². The smallest absolute Gasteiger partial charge is 0.278 e. The highest BCUT2D eigenvalue weighted by Gasteiger charge is 2.52. The first kappa shape index (κ1) is 23.1. The van der Waals surface area contributed by atoms with Crippen molar-refractivity contribution in [3.05, 3.63) is 102 Å². The first-order valence-electron chi connectivity index (χ1n) is 9.09. The largest absolute Gasteiger partial charge is 0.491 e. The van der Waals surface area contributed by atoms with Gasteiger partial charge in [0.15, 0.2) is 7.26 Å². The third kappa shape index (κ3) is 4.71. The molecule has 0 saturated carbocycles. The van der Waals surface area contributed by atoms with Gasteiger partial charge in [-0.1, -0.05) is 89.4 Å². The van der Waals surface area contributed by atoms with E-state index in [2.05, 4.69) is 11.4 Å². The van der Waals surface area contributed by atoms with Crippen molar-refractivity contribution in [2.45, 2.75) is 3.79 Å². The Morgan fingerprint density at radius 2 is 1.16 bits per heavy atom. The lowest BCUT2D eigenvalue weighted by Gasteiger charge is -2.27. The second kappa shape index (κ2) is 9.73. The van der Waals surface area contributed by atoms with Gasteiger partial charge in [-0.2, -0.15) is 5.26 Å². The minimum Gasteiger partial charge on any atom is -0.491 e. The monoisotopic (exact) mass is 489 g/mol. The number of nitrogens with one attached hydrogen (secondary N) is 1. The Morgan fingerprint density at radius 1 is 0.806 bits per heavy atom.